The number of aromatic nitrogens is 3. The van der Waals surface area contributed by atoms with E-state index in [4.69, 9.17) is 0 Å². The van der Waals surface area contributed by atoms with Crippen molar-refractivity contribution in [3.63, 3.8) is 0 Å². The van der Waals surface area contributed by atoms with Gasteiger partial charge in [0.2, 0.25) is 0 Å². The third-order valence-corrected chi connectivity index (χ3v) is 5.05. The Morgan fingerprint density at radius 2 is 1.75 bits per heavy atom. The van der Waals surface area contributed by atoms with Gasteiger partial charge < -0.3 is 5.11 Å². The highest BCUT2D eigenvalue weighted by Gasteiger charge is 2.17. The molecular weight excluding hydrogens is 352 g/mol. The predicted octanol–water partition coefficient (Wildman–Crippen LogP) is 2.92. The Bertz CT molecular complexity index is 956. The van der Waals surface area contributed by atoms with Gasteiger partial charge in [-0.1, -0.05) is 12.1 Å². The normalized spacial score (nSPS) is 14.1. The fourth-order valence-electron chi connectivity index (χ4n) is 3.56. The molecule has 0 spiro atoms. The monoisotopic (exact) mass is 374 g/mol. The second-order valence-electron chi connectivity index (χ2n) is 7.00. The van der Waals surface area contributed by atoms with Gasteiger partial charge >= 0.3 is 0 Å². The first-order chi connectivity index (χ1) is 13.7. The number of benzene rings is 2. The summed E-state index contributed by atoms with van der Waals surface area (Å²) in [5, 5.41) is 29.0. The van der Waals surface area contributed by atoms with Crippen LogP contribution in [0.2, 0.25) is 0 Å². The third kappa shape index (κ3) is 3.97. The minimum absolute atomic E-state index is 0.242. The van der Waals surface area contributed by atoms with Gasteiger partial charge in [-0.25, -0.2) is 4.68 Å². The molecule has 2 heterocycles. The third-order valence-electron chi connectivity index (χ3n) is 5.05. The van der Waals surface area contributed by atoms with Crippen molar-refractivity contribution in [3.8, 4) is 11.8 Å². The SMILES string of the molecule is N#Cc1ccc(N(Cc2ccc(O)cc2)n2cnnc2)cc1CN1CCCC1. The smallest absolute Gasteiger partial charge is 0.139 e. The van der Waals surface area contributed by atoms with Gasteiger partial charge in [0.1, 0.15) is 18.4 Å². The number of anilines is 1. The molecular formula is C21H22N6O. The summed E-state index contributed by atoms with van der Waals surface area (Å²) in [5.74, 6) is 0.242. The highest BCUT2D eigenvalue weighted by molar-refractivity contribution is 5.54. The standard InChI is InChI=1S/C21H22N6O/c22-12-18-5-6-20(11-19(18)14-25-9-1-2-10-25)27(26-15-23-24-16-26)13-17-3-7-21(28)8-4-17/h3-8,11,15-16,28H,1-2,9-10,13-14H2. The summed E-state index contributed by atoms with van der Waals surface area (Å²) >= 11 is 0. The van der Waals surface area contributed by atoms with E-state index >= 15 is 0 Å². The van der Waals surface area contributed by atoms with Crippen LogP contribution >= 0.6 is 0 Å². The highest BCUT2D eigenvalue weighted by atomic mass is 16.3. The molecule has 1 aliphatic heterocycles. The molecule has 0 unspecified atom stereocenters. The molecule has 28 heavy (non-hydrogen) atoms. The molecule has 7 nitrogen and oxygen atoms in total. The molecule has 0 radical (unpaired) electrons. The molecule has 0 amide bonds. The minimum atomic E-state index is 0.242. The quantitative estimate of drug-likeness (QED) is 0.714. The van der Waals surface area contributed by atoms with E-state index in [2.05, 4.69) is 27.2 Å². The molecule has 0 atom stereocenters. The Balaban J connectivity index is 1.67. The van der Waals surface area contributed by atoms with Crippen LogP contribution in [0.15, 0.2) is 55.1 Å². The fraction of sp³-hybridized carbons (Fsp3) is 0.286. The van der Waals surface area contributed by atoms with Crippen molar-refractivity contribution >= 4 is 5.69 Å². The van der Waals surface area contributed by atoms with Crippen LogP contribution in [0, 0.1) is 11.3 Å². The molecule has 0 bridgehead atoms. The van der Waals surface area contributed by atoms with Crippen LogP contribution in [0.4, 0.5) is 5.69 Å². The van der Waals surface area contributed by atoms with Crippen molar-refractivity contribution in [1.29, 1.82) is 5.26 Å². The van der Waals surface area contributed by atoms with E-state index in [-0.39, 0.29) is 5.75 Å². The average molecular weight is 374 g/mol. The van der Waals surface area contributed by atoms with Crippen LogP contribution in [0.25, 0.3) is 0 Å². The van der Waals surface area contributed by atoms with Crippen molar-refractivity contribution in [2.75, 3.05) is 18.1 Å². The van der Waals surface area contributed by atoms with Gasteiger partial charge in [0.25, 0.3) is 0 Å². The molecule has 0 saturated carbocycles. The number of aromatic hydroxyl groups is 1. The van der Waals surface area contributed by atoms with Gasteiger partial charge in [0, 0.05) is 6.54 Å². The molecule has 1 fully saturated rings. The summed E-state index contributed by atoms with van der Waals surface area (Å²) in [7, 11) is 0. The maximum atomic E-state index is 9.55. The number of rotatable bonds is 6. The number of hydrogen-bond acceptors (Lipinski definition) is 6. The first-order valence-corrected chi connectivity index (χ1v) is 9.39. The zero-order valence-electron chi connectivity index (χ0n) is 15.6. The minimum Gasteiger partial charge on any atom is -0.508 e. The van der Waals surface area contributed by atoms with Crippen molar-refractivity contribution < 1.29 is 5.11 Å². The number of phenols is 1. The summed E-state index contributed by atoms with van der Waals surface area (Å²) in [6.07, 6.45) is 5.74. The molecule has 1 N–H and O–H groups in total. The number of hydrogen-bond donors (Lipinski definition) is 1. The van der Waals surface area contributed by atoms with Crippen molar-refractivity contribution in [2.24, 2.45) is 0 Å². The Kier molecular flexibility index (Phi) is 5.22. The van der Waals surface area contributed by atoms with Crippen molar-refractivity contribution in [1.82, 2.24) is 19.8 Å². The first-order valence-electron chi connectivity index (χ1n) is 9.39. The first kappa shape index (κ1) is 18.0. The molecule has 0 aliphatic carbocycles. The second-order valence-corrected chi connectivity index (χ2v) is 7.00. The lowest BCUT2D eigenvalue weighted by atomic mass is 10.1. The van der Waals surface area contributed by atoms with Gasteiger partial charge in [-0.3, -0.25) is 9.91 Å². The lowest BCUT2D eigenvalue weighted by Crippen LogP contribution is -2.28. The van der Waals surface area contributed by atoms with Crippen LogP contribution in [0.5, 0.6) is 5.75 Å². The maximum absolute atomic E-state index is 9.55. The van der Waals surface area contributed by atoms with E-state index in [1.54, 1.807) is 24.8 Å². The Morgan fingerprint density at radius 1 is 1.04 bits per heavy atom. The number of nitrogens with zero attached hydrogens (tertiary/aromatic N) is 6. The van der Waals surface area contributed by atoms with Crippen molar-refractivity contribution in [2.45, 2.75) is 25.9 Å². The van der Waals surface area contributed by atoms with Gasteiger partial charge in [-0.05, 0) is 67.4 Å². The summed E-state index contributed by atoms with van der Waals surface area (Å²) in [5.41, 5.74) is 3.74. The molecule has 142 valence electrons. The Morgan fingerprint density at radius 3 is 2.43 bits per heavy atom. The van der Waals surface area contributed by atoms with Gasteiger partial charge in [-0.15, -0.1) is 10.2 Å². The second kappa shape index (κ2) is 8.11. The van der Waals surface area contributed by atoms with Crippen LogP contribution in [-0.2, 0) is 13.1 Å². The van der Waals surface area contributed by atoms with E-state index < -0.39 is 0 Å². The van der Waals surface area contributed by atoms with Crippen LogP contribution in [0.1, 0.15) is 29.5 Å². The highest BCUT2D eigenvalue weighted by Crippen LogP contribution is 2.25. The van der Waals surface area contributed by atoms with E-state index in [0.29, 0.717) is 12.1 Å². The molecule has 1 aromatic heterocycles. The molecule has 1 aliphatic rings. The summed E-state index contributed by atoms with van der Waals surface area (Å²) in [6, 6.07) is 15.4. The van der Waals surface area contributed by atoms with Crippen LogP contribution < -0.4 is 5.01 Å². The molecule has 7 heteroatoms. The number of nitriles is 1. The maximum Gasteiger partial charge on any atom is 0.139 e. The summed E-state index contributed by atoms with van der Waals surface area (Å²) < 4.78 is 1.83. The van der Waals surface area contributed by atoms with Crippen molar-refractivity contribution in [3.05, 3.63) is 71.8 Å². The zero-order chi connectivity index (χ0) is 19.3. The zero-order valence-corrected chi connectivity index (χ0v) is 15.6. The Labute approximate surface area is 164 Å². The Hall–Kier alpha value is -3.37. The van der Waals surface area contributed by atoms with E-state index in [0.717, 1.165) is 36.4 Å². The fourth-order valence-corrected chi connectivity index (χ4v) is 3.56. The largest absolute Gasteiger partial charge is 0.508 e. The number of phenolic OH excluding ortho intramolecular Hbond substituents is 1. The van der Waals surface area contributed by atoms with Gasteiger partial charge in [-0.2, -0.15) is 5.26 Å². The van der Waals surface area contributed by atoms with E-state index in [1.165, 1.54) is 12.8 Å². The summed E-state index contributed by atoms with van der Waals surface area (Å²) in [4.78, 5) is 2.39. The van der Waals surface area contributed by atoms with Gasteiger partial charge in [0.05, 0.1) is 23.9 Å². The average Bonchev–Trinajstić information content (AvgIpc) is 3.42. The molecule has 2 aromatic carbocycles. The number of likely N-dealkylation sites (tertiary alicyclic amines) is 1. The molecule has 1 saturated heterocycles. The lowest BCUT2D eigenvalue weighted by molar-refractivity contribution is 0.331. The van der Waals surface area contributed by atoms with E-state index in [9.17, 15) is 10.4 Å². The van der Waals surface area contributed by atoms with Crippen LogP contribution in [0.3, 0.4) is 0 Å². The lowest BCUT2D eigenvalue weighted by Gasteiger charge is -2.26. The molecule has 4 rings (SSSR count). The predicted molar refractivity (Wildman–Crippen MR) is 105 cm³/mol. The van der Waals surface area contributed by atoms with Crippen LogP contribution in [-0.4, -0.2) is 38.0 Å². The topological polar surface area (TPSA) is 81.2 Å². The van der Waals surface area contributed by atoms with E-state index in [1.807, 2.05) is 34.0 Å². The van der Waals surface area contributed by atoms with Gasteiger partial charge in [0.15, 0.2) is 0 Å². The summed E-state index contributed by atoms with van der Waals surface area (Å²) in [6.45, 7) is 3.52. The molecule has 3 aromatic rings.